The van der Waals surface area contributed by atoms with Gasteiger partial charge in [-0.2, -0.15) is 0 Å². The van der Waals surface area contributed by atoms with Crippen molar-refractivity contribution < 1.29 is 9.53 Å². The second kappa shape index (κ2) is 7.69. The van der Waals surface area contributed by atoms with Gasteiger partial charge in [-0.3, -0.25) is 4.79 Å². The summed E-state index contributed by atoms with van der Waals surface area (Å²) in [6.07, 6.45) is 1.31. The minimum absolute atomic E-state index is 0.0796. The molecular weight excluding hydrogens is 305 g/mol. The largest absolute Gasteiger partial charge is 0.381 e. The monoisotopic (exact) mass is 319 g/mol. The number of rotatable bonds is 6. The van der Waals surface area contributed by atoms with Gasteiger partial charge in [0, 0.05) is 16.1 Å². The Kier molecular flexibility index (Phi) is 6.55. The van der Waals surface area contributed by atoms with Crippen LogP contribution in [-0.2, 0) is 9.53 Å². The zero-order valence-electron chi connectivity index (χ0n) is 9.63. The van der Waals surface area contributed by atoms with E-state index in [-0.39, 0.29) is 5.91 Å². The van der Waals surface area contributed by atoms with Gasteiger partial charge < -0.3 is 10.1 Å². The minimum atomic E-state index is -0.0796. The highest BCUT2D eigenvalue weighted by atomic mass is 79.9. The van der Waals surface area contributed by atoms with E-state index in [1.165, 1.54) is 0 Å². The lowest BCUT2D eigenvalue weighted by Gasteiger charge is -2.08. The molecule has 0 aliphatic rings. The van der Waals surface area contributed by atoms with E-state index in [0.717, 1.165) is 10.9 Å². The lowest BCUT2D eigenvalue weighted by atomic mass is 10.3. The third-order valence-corrected chi connectivity index (χ3v) is 2.95. The van der Waals surface area contributed by atoms with Crippen molar-refractivity contribution in [2.45, 2.75) is 19.8 Å². The van der Waals surface area contributed by atoms with Gasteiger partial charge in [-0.05, 0) is 40.5 Å². The SMILES string of the molecule is CCCOCCC(=O)Nc1cc(Cl)ccc1Br. The predicted octanol–water partition coefficient (Wildman–Crippen LogP) is 3.86. The van der Waals surface area contributed by atoms with Crippen LogP contribution >= 0.6 is 27.5 Å². The van der Waals surface area contributed by atoms with Crippen molar-refractivity contribution in [1.29, 1.82) is 0 Å². The third-order valence-electron chi connectivity index (χ3n) is 2.02. The van der Waals surface area contributed by atoms with E-state index in [9.17, 15) is 4.79 Å². The lowest BCUT2D eigenvalue weighted by molar-refractivity contribution is -0.117. The van der Waals surface area contributed by atoms with Gasteiger partial charge >= 0.3 is 0 Å². The van der Waals surface area contributed by atoms with E-state index in [4.69, 9.17) is 16.3 Å². The van der Waals surface area contributed by atoms with Gasteiger partial charge in [0.05, 0.1) is 18.7 Å². The van der Waals surface area contributed by atoms with Crippen LogP contribution < -0.4 is 5.32 Å². The molecule has 0 saturated carbocycles. The standard InChI is InChI=1S/C12H15BrClNO2/c1-2-6-17-7-5-12(16)15-11-8-9(14)3-4-10(11)13/h3-4,8H,2,5-7H2,1H3,(H,15,16). The summed E-state index contributed by atoms with van der Waals surface area (Å²) in [5, 5.41) is 3.37. The second-order valence-corrected chi connectivity index (χ2v) is 4.83. The first kappa shape index (κ1) is 14.5. The number of ether oxygens (including phenoxy) is 1. The first-order valence-electron chi connectivity index (χ1n) is 5.46. The first-order chi connectivity index (χ1) is 8.13. The van der Waals surface area contributed by atoms with E-state index < -0.39 is 0 Å². The fraction of sp³-hybridized carbons (Fsp3) is 0.417. The Bertz CT molecular complexity index is 385. The van der Waals surface area contributed by atoms with Crippen LogP contribution in [0.5, 0.6) is 0 Å². The molecule has 0 aliphatic heterocycles. The maximum absolute atomic E-state index is 11.6. The van der Waals surface area contributed by atoms with Crippen LogP contribution in [0, 0.1) is 0 Å². The number of carbonyl (C=O) groups is 1. The van der Waals surface area contributed by atoms with Gasteiger partial charge in [0.2, 0.25) is 5.91 Å². The maximum atomic E-state index is 11.6. The number of halogens is 2. The lowest BCUT2D eigenvalue weighted by Crippen LogP contribution is -2.14. The van der Waals surface area contributed by atoms with Crippen molar-refractivity contribution in [2.24, 2.45) is 0 Å². The highest BCUT2D eigenvalue weighted by molar-refractivity contribution is 9.10. The van der Waals surface area contributed by atoms with Crippen molar-refractivity contribution in [3.8, 4) is 0 Å². The number of hydrogen-bond donors (Lipinski definition) is 1. The highest BCUT2D eigenvalue weighted by Gasteiger charge is 2.06. The topological polar surface area (TPSA) is 38.3 Å². The number of benzene rings is 1. The molecule has 0 unspecified atom stereocenters. The average molecular weight is 321 g/mol. The van der Waals surface area contributed by atoms with E-state index in [1.807, 2.05) is 6.92 Å². The molecule has 1 aromatic rings. The molecule has 0 aliphatic carbocycles. The summed E-state index contributed by atoms with van der Waals surface area (Å²) in [5.41, 5.74) is 0.679. The number of anilines is 1. The minimum Gasteiger partial charge on any atom is -0.381 e. The Morgan fingerprint density at radius 2 is 2.24 bits per heavy atom. The van der Waals surface area contributed by atoms with Gasteiger partial charge in [-0.1, -0.05) is 18.5 Å². The van der Waals surface area contributed by atoms with Crippen molar-refractivity contribution in [3.05, 3.63) is 27.7 Å². The van der Waals surface area contributed by atoms with E-state index in [1.54, 1.807) is 18.2 Å². The molecule has 0 bridgehead atoms. The molecule has 0 spiro atoms. The molecule has 0 fully saturated rings. The van der Waals surface area contributed by atoms with Crippen LogP contribution in [0.15, 0.2) is 22.7 Å². The number of carbonyl (C=O) groups excluding carboxylic acids is 1. The third kappa shape index (κ3) is 5.52. The Balaban J connectivity index is 2.42. The molecule has 1 rings (SSSR count). The summed E-state index contributed by atoms with van der Waals surface area (Å²) in [6, 6.07) is 5.26. The summed E-state index contributed by atoms with van der Waals surface area (Å²) in [5.74, 6) is -0.0796. The van der Waals surface area contributed by atoms with Crippen molar-refractivity contribution >= 4 is 39.1 Å². The molecule has 1 aromatic carbocycles. The molecular formula is C12H15BrClNO2. The van der Waals surface area contributed by atoms with Gasteiger partial charge in [0.15, 0.2) is 0 Å². The zero-order chi connectivity index (χ0) is 12.7. The average Bonchev–Trinajstić information content (AvgIpc) is 2.29. The van der Waals surface area contributed by atoms with Gasteiger partial charge in [-0.15, -0.1) is 0 Å². The summed E-state index contributed by atoms with van der Waals surface area (Å²) in [6.45, 7) is 3.16. The Morgan fingerprint density at radius 1 is 1.47 bits per heavy atom. The molecule has 3 nitrogen and oxygen atoms in total. The number of amides is 1. The molecule has 1 amide bonds. The second-order valence-electron chi connectivity index (χ2n) is 3.53. The Morgan fingerprint density at radius 3 is 2.94 bits per heavy atom. The first-order valence-corrected chi connectivity index (χ1v) is 6.63. The van der Waals surface area contributed by atoms with Gasteiger partial charge in [-0.25, -0.2) is 0 Å². The molecule has 0 radical (unpaired) electrons. The summed E-state index contributed by atoms with van der Waals surface area (Å²) < 4.78 is 6.06. The van der Waals surface area contributed by atoms with Crippen molar-refractivity contribution in [3.63, 3.8) is 0 Å². The quantitative estimate of drug-likeness (QED) is 0.808. The van der Waals surface area contributed by atoms with Crippen LogP contribution in [0.4, 0.5) is 5.69 Å². The van der Waals surface area contributed by atoms with Crippen LogP contribution in [-0.4, -0.2) is 19.1 Å². The van der Waals surface area contributed by atoms with Crippen molar-refractivity contribution in [1.82, 2.24) is 0 Å². The Hall–Kier alpha value is -0.580. The highest BCUT2D eigenvalue weighted by Crippen LogP contribution is 2.25. The van der Waals surface area contributed by atoms with Gasteiger partial charge in [0.1, 0.15) is 0 Å². The maximum Gasteiger partial charge on any atom is 0.226 e. The van der Waals surface area contributed by atoms with Crippen LogP contribution in [0.25, 0.3) is 0 Å². The molecule has 0 atom stereocenters. The number of hydrogen-bond acceptors (Lipinski definition) is 2. The van der Waals surface area contributed by atoms with Crippen LogP contribution in [0.1, 0.15) is 19.8 Å². The smallest absolute Gasteiger partial charge is 0.226 e. The molecule has 94 valence electrons. The summed E-state index contributed by atoms with van der Waals surface area (Å²) >= 11 is 9.20. The van der Waals surface area contributed by atoms with E-state index >= 15 is 0 Å². The Labute approximate surface area is 115 Å². The van der Waals surface area contributed by atoms with Gasteiger partial charge in [0.25, 0.3) is 0 Å². The molecule has 0 heterocycles. The fourth-order valence-electron chi connectivity index (χ4n) is 1.22. The van der Waals surface area contributed by atoms with E-state index in [2.05, 4.69) is 21.2 Å². The number of nitrogens with one attached hydrogen (secondary N) is 1. The van der Waals surface area contributed by atoms with E-state index in [0.29, 0.717) is 30.3 Å². The summed E-state index contributed by atoms with van der Waals surface area (Å²) in [4.78, 5) is 11.6. The molecule has 0 saturated heterocycles. The zero-order valence-corrected chi connectivity index (χ0v) is 12.0. The predicted molar refractivity (Wildman–Crippen MR) is 73.5 cm³/mol. The summed E-state index contributed by atoms with van der Waals surface area (Å²) in [7, 11) is 0. The normalized spacial score (nSPS) is 10.3. The molecule has 17 heavy (non-hydrogen) atoms. The molecule has 1 N–H and O–H groups in total. The van der Waals surface area contributed by atoms with Crippen molar-refractivity contribution in [2.75, 3.05) is 18.5 Å². The van der Waals surface area contributed by atoms with Crippen LogP contribution in [0.2, 0.25) is 5.02 Å². The molecule has 0 aromatic heterocycles. The van der Waals surface area contributed by atoms with Crippen LogP contribution in [0.3, 0.4) is 0 Å². The molecule has 5 heteroatoms. The fourth-order valence-corrected chi connectivity index (χ4v) is 1.74.